The molecule has 0 heterocycles. The summed E-state index contributed by atoms with van der Waals surface area (Å²) >= 11 is -2.24. The van der Waals surface area contributed by atoms with E-state index in [1.54, 1.807) is 12.1 Å². The molecule has 0 radical (unpaired) electrons. The summed E-state index contributed by atoms with van der Waals surface area (Å²) in [4.78, 5) is 0. The van der Waals surface area contributed by atoms with Crippen LogP contribution in [0.25, 0.3) is 0 Å². The predicted octanol–water partition coefficient (Wildman–Crippen LogP) is 2.19. The van der Waals surface area contributed by atoms with Crippen molar-refractivity contribution < 1.29 is 8.76 Å². The number of anilines is 1. The van der Waals surface area contributed by atoms with Crippen molar-refractivity contribution in [2.75, 3.05) is 4.72 Å². The molecular formula is C10H14NO2S-. The third-order valence-corrected chi connectivity index (χ3v) is 2.35. The highest BCUT2D eigenvalue weighted by molar-refractivity contribution is 7.80. The van der Waals surface area contributed by atoms with Gasteiger partial charge in [-0.05, 0) is 23.1 Å². The van der Waals surface area contributed by atoms with Gasteiger partial charge in [0.2, 0.25) is 0 Å². The summed E-state index contributed by atoms with van der Waals surface area (Å²) in [6, 6.07) is 7.37. The summed E-state index contributed by atoms with van der Waals surface area (Å²) in [5.74, 6) is 0. The molecular weight excluding hydrogens is 198 g/mol. The van der Waals surface area contributed by atoms with Crippen molar-refractivity contribution in [2.24, 2.45) is 0 Å². The van der Waals surface area contributed by atoms with Gasteiger partial charge in [-0.1, -0.05) is 32.9 Å². The second-order valence-electron chi connectivity index (χ2n) is 4.16. The number of hydrogen-bond donors (Lipinski definition) is 1. The lowest BCUT2D eigenvalue weighted by Crippen LogP contribution is -2.11. The third kappa shape index (κ3) is 3.12. The van der Waals surface area contributed by atoms with Crippen molar-refractivity contribution in [3.8, 4) is 0 Å². The van der Waals surface area contributed by atoms with Crippen LogP contribution in [0.15, 0.2) is 24.3 Å². The van der Waals surface area contributed by atoms with Crippen molar-refractivity contribution in [3.05, 3.63) is 29.8 Å². The molecule has 1 unspecified atom stereocenters. The van der Waals surface area contributed by atoms with E-state index in [1.165, 1.54) is 5.56 Å². The smallest absolute Gasteiger partial charge is 0.0452 e. The molecule has 1 N–H and O–H groups in total. The maximum atomic E-state index is 10.3. The van der Waals surface area contributed by atoms with E-state index in [2.05, 4.69) is 25.5 Å². The van der Waals surface area contributed by atoms with Gasteiger partial charge in [-0.2, -0.15) is 0 Å². The highest BCUT2D eigenvalue weighted by atomic mass is 32.2. The summed E-state index contributed by atoms with van der Waals surface area (Å²) in [7, 11) is 0. The van der Waals surface area contributed by atoms with E-state index < -0.39 is 11.3 Å². The maximum Gasteiger partial charge on any atom is 0.0452 e. The van der Waals surface area contributed by atoms with Gasteiger partial charge >= 0.3 is 0 Å². The molecule has 1 aromatic carbocycles. The van der Waals surface area contributed by atoms with E-state index in [4.69, 9.17) is 0 Å². The van der Waals surface area contributed by atoms with E-state index >= 15 is 0 Å². The SMILES string of the molecule is CC(C)(C)c1ccc(NS(=O)[O-])cc1. The average molecular weight is 212 g/mol. The lowest BCUT2D eigenvalue weighted by molar-refractivity contribution is 0.542. The van der Waals surface area contributed by atoms with Crippen LogP contribution in [0.1, 0.15) is 26.3 Å². The lowest BCUT2D eigenvalue weighted by atomic mass is 9.87. The van der Waals surface area contributed by atoms with Gasteiger partial charge in [-0.3, -0.25) is 4.21 Å². The number of rotatable bonds is 2. The molecule has 0 amide bonds. The summed E-state index contributed by atoms with van der Waals surface area (Å²) in [6.07, 6.45) is 0. The first kappa shape index (κ1) is 11.2. The molecule has 0 saturated heterocycles. The molecule has 0 spiro atoms. The normalized spacial score (nSPS) is 13.7. The molecule has 0 aliphatic rings. The van der Waals surface area contributed by atoms with Crippen molar-refractivity contribution >= 4 is 17.0 Å². The van der Waals surface area contributed by atoms with E-state index in [0.29, 0.717) is 5.69 Å². The summed E-state index contributed by atoms with van der Waals surface area (Å²) in [5.41, 5.74) is 1.86. The monoisotopic (exact) mass is 212 g/mol. The molecule has 1 aromatic rings. The van der Waals surface area contributed by atoms with Gasteiger partial charge in [0.15, 0.2) is 0 Å². The fourth-order valence-electron chi connectivity index (χ4n) is 1.13. The average Bonchev–Trinajstić information content (AvgIpc) is 2.02. The highest BCUT2D eigenvalue weighted by Crippen LogP contribution is 2.23. The van der Waals surface area contributed by atoms with E-state index in [9.17, 15) is 8.76 Å². The molecule has 0 aliphatic carbocycles. The molecule has 4 heteroatoms. The van der Waals surface area contributed by atoms with E-state index in [0.717, 1.165) is 0 Å². The fraction of sp³-hybridized carbons (Fsp3) is 0.400. The van der Waals surface area contributed by atoms with Crippen LogP contribution in [0.4, 0.5) is 5.69 Å². The topological polar surface area (TPSA) is 52.2 Å². The number of benzene rings is 1. The minimum atomic E-state index is -2.24. The zero-order valence-electron chi connectivity index (χ0n) is 8.53. The van der Waals surface area contributed by atoms with E-state index in [-0.39, 0.29) is 5.41 Å². The molecule has 1 atom stereocenters. The molecule has 1 rings (SSSR count). The Kier molecular flexibility index (Phi) is 3.29. The minimum absolute atomic E-state index is 0.0924. The van der Waals surface area contributed by atoms with Crippen molar-refractivity contribution in [3.63, 3.8) is 0 Å². The Morgan fingerprint density at radius 3 is 2.07 bits per heavy atom. The Hall–Kier alpha value is -0.870. The van der Waals surface area contributed by atoms with Crippen LogP contribution >= 0.6 is 0 Å². The van der Waals surface area contributed by atoms with E-state index in [1.807, 2.05) is 12.1 Å². The minimum Gasteiger partial charge on any atom is -0.755 e. The van der Waals surface area contributed by atoms with Crippen LogP contribution < -0.4 is 4.72 Å². The summed E-state index contributed by atoms with van der Waals surface area (Å²) < 4.78 is 23.0. The first-order valence-electron chi connectivity index (χ1n) is 4.36. The molecule has 3 nitrogen and oxygen atoms in total. The van der Waals surface area contributed by atoms with Gasteiger partial charge in [0.05, 0.1) is 0 Å². The molecule has 78 valence electrons. The maximum absolute atomic E-state index is 10.3. The Labute approximate surface area is 87.0 Å². The largest absolute Gasteiger partial charge is 0.755 e. The van der Waals surface area contributed by atoms with Crippen LogP contribution in [0.2, 0.25) is 0 Å². The third-order valence-electron chi connectivity index (χ3n) is 1.95. The molecule has 14 heavy (non-hydrogen) atoms. The Morgan fingerprint density at radius 2 is 1.71 bits per heavy atom. The fourth-order valence-corrected chi connectivity index (χ4v) is 1.46. The standard InChI is InChI=1S/C10H15NO2S/c1-10(2,3)8-4-6-9(7-5-8)11-14(12)13/h4-7,11H,1-3H3,(H,12,13)/p-1. The molecule has 0 aromatic heterocycles. The number of nitrogens with one attached hydrogen (secondary N) is 1. The van der Waals surface area contributed by atoms with Gasteiger partial charge in [0, 0.05) is 17.0 Å². The number of hydrogen-bond acceptors (Lipinski definition) is 2. The van der Waals surface area contributed by atoms with Gasteiger partial charge < -0.3 is 9.27 Å². The van der Waals surface area contributed by atoms with Crippen LogP contribution in [-0.4, -0.2) is 8.76 Å². The molecule has 0 bridgehead atoms. The molecule has 0 fully saturated rings. The lowest BCUT2D eigenvalue weighted by Gasteiger charge is -2.19. The highest BCUT2D eigenvalue weighted by Gasteiger charge is 2.12. The van der Waals surface area contributed by atoms with Crippen molar-refractivity contribution in [1.82, 2.24) is 0 Å². The second-order valence-corrected chi connectivity index (χ2v) is 4.84. The predicted molar refractivity (Wildman–Crippen MR) is 57.7 cm³/mol. The summed E-state index contributed by atoms with van der Waals surface area (Å²) in [5, 5.41) is 0. The van der Waals surface area contributed by atoms with Crippen molar-refractivity contribution in [2.45, 2.75) is 26.2 Å². The van der Waals surface area contributed by atoms with Gasteiger partial charge in [-0.25, -0.2) is 0 Å². The molecule has 0 aliphatic heterocycles. The second kappa shape index (κ2) is 4.11. The zero-order valence-corrected chi connectivity index (χ0v) is 9.35. The van der Waals surface area contributed by atoms with Crippen LogP contribution in [0.5, 0.6) is 0 Å². The first-order valence-corrected chi connectivity index (χ1v) is 5.43. The Balaban J connectivity index is 2.84. The zero-order chi connectivity index (χ0) is 10.8. The summed E-state index contributed by atoms with van der Waals surface area (Å²) in [6.45, 7) is 6.34. The van der Waals surface area contributed by atoms with Gasteiger partial charge in [0.25, 0.3) is 0 Å². The van der Waals surface area contributed by atoms with Gasteiger partial charge in [-0.15, -0.1) is 0 Å². The van der Waals surface area contributed by atoms with Crippen molar-refractivity contribution in [1.29, 1.82) is 0 Å². The first-order chi connectivity index (χ1) is 6.39. The molecule has 0 saturated carbocycles. The van der Waals surface area contributed by atoms with Crippen LogP contribution in [0, 0.1) is 0 Å². The quantitative estimate of drug-likeness (QED) is 0.764. The Bertz CT molecular complexity index is 327. The van der Waals surface area contributed by atoms with Crippen LogP contribution in [-0.2, 0) is 16.7 Å². The van der Waals surface area contributed by atoms with Gasteiger partial charge in [0.1, 0.15) is 0 Å². The Morgan fingerprint density at radius 1 is 1.21 bits per heavy atom. The van der Waals surface area contributed by atoms with Crippen LogP contribution in [0.3, 0.4) is 0 Å².